The van der Waals surface area contributed by atoms with Gasteiger partial charge in [-0.05, 0) is 40.4 Å². The van der Waals surface area contributed by atoms with E-state index >= 15 is 0 Å². The summed E-state index contributed by atoms with van der Waals surface area (Å²) in [5, 5.41) is 2.33. The van der Waals surface area contributed by atoms with Crippen molar-refractivity contribution in [2.75, 3.05) is 0 Å². The summed E-state index contributed by atoms with van der Waals surface area (Å²) in [4.78, 5) is 4.97. The first-order chi connectivity index (χ1) is 28.1. The van der Waals surface area contributed by atoms with Gasteiger partial charge in [0.25, 0.3) is 0 Å². The van der Waals surface area contributed by atoms with Crippen LogP contribution in [-0.4, -0.2) is 18.7 Å². The summed E-state index contributed by atoms with van der Waals surface area (Å²) >= 11 is 2.47. The first-order valence-corrected chi connectivity index (χ1v) is 22.3. The first kappa shape index (κ1) is 40.4. The molecular weight excluding hydrogens is 916 g/mol. The van der Waals surface area contributed by atoms with Crippen LogP contribution in [0.4, 0.5) is 0 Å². The molecule has 1 aliphatic carbocycles. The topological polar surface area (TPSA) is 36.9 Å². The van der Waals surface area contributed by atoms with Crippen molar-refractivity contribution >= 4 is 32.8 Å². The van der Waals surface area contributed by atoms with Gasteiger partial charge in [0.15, 0.2) is 0 Å². The molecule has 0 saturated heterocycles. The standard InChI is InChI=1S/C54H56N4O.Pt/c1-34-27-28-55-47(29-34)58-45-32-40(22-23-41(45)42-24-25-43-48(49(42)58)53(10,11)54(12,13)52(43,8)9)59-39-16-14-15-38(31-39)57-33-56(37-20-17-35(18-21-37)50(2,3)4)46-30-36(51(5,6)7)19-26-44(46)57;/h14-30H,1-13H3;/q-2;. The van der Waals surface area contributed by atoms with Crippen LogP contribution in [0.15, 0.2) is 103 Å². The van der Waals surface area contributed by atoms with Gasteiger partial charge >= 0.3 is 274 Å². The van der Waals surface area contributed by atoms with Crippen molar-refractivity contribution < 1.29 is 24.1 Å². The van der Waals surface area contributed by atoms with E-state index in [0.717, 1.165) is 48.5 Å². The second kappa shape index (κ2) is 13.5. The molecule has 310 valence electrons. The molecule has 9 rings (SSSR count). The Morgan fingerprint density at radius 1 is 0.633 bits per heavy atom. The number of ether oxygens (including phenoxy) is 1. The van der Waals surface area contributed by atoms with E-state index in [0.29, 0.717) is 11.5 Å². The Hall–Kier alpha value is -4.99. The molecule has 0 radical (unpaired) electrons. The van der Waals surface area contributed by atoms with Gasteiger partial charge in [-0.25, -0.2) is 0 Å². The zero-order valence-corrected chi connectivity index (χ0v) is 39.6. The Bertz CT molecular complexity index is 3080. The van der Waals surface area contributed by atoms with Crippen LogP contribution in [0.25, 0.3) is 50.0 Å². The van der Waals surface area contributed by atoms with Crippen molar-refractivity contribution in [1.29, 1.82) is 0 Å². The number of nitrogens with zero attached hydrogens (tertiary/aromatic N) is 4. The Kier molecular flexibility index (Phi) is 9.10. The third kappa shape index (κ3) is 6.05. The molecule has 0 aliphatic heterocycles. The van der Waals surface area contributed by atoms with Gasteiger partial charge in [0, 0.05) is 6.20 Å². The van der Waals surface area contributed by atoms with E-state index in [1.165, 1.54) is 33.2 Å². The monoisotopic (exact) mass is 971 g/mol. The van der Waals surface area contributed by atoms with Crippen LogP contribution < -0.4 is 4.74 Å². The van der Waals surface area contributed by atoms with Crippen molar-refractivity contribution in [3.63, 3.8) is 0 Å². The average Bonchev–Trinajstić information content (AvgIpc) is 3.70. The molecule has 5 aromatic carbocycles. The number of rotatable bonds is 5. The predicted octanol–water partition coefficient (Wildman–Crippen LogP) is 13.9. The van der Waals surface area contributed by atoms with Gasteiger partial charge in [0.2, 0.25) is 0 Å². The maximum atomic E-state index is 6.74. The van der Waals surface area contributed by atoms with E-state index in [9.17, 15) is 0 Å². The number of aryl methyl sites for hydroxylation is 1. The van der Waals surface area contributed by atoms with Crippen LogP contribution in [0.5, 0.6) is 11.5 Å². The minimum absolute atomic E-state index is 0.00213. The van der Waals surface area contributed by atoms with Crippen molar-refractivity contribution in [3.8, 4) is 28.7 Å². The summed E-state index contributed by atoms with van der Waals surface area (Å²) < 4.78 is 14.8. The molecule has 0 fully saturated rings. The predicted molar refractivity (Wildman–Crippen MR) is 244 cm³/mol. The smallest absolute Gasteiger partial charge is 0.0582 e. The van der Waals surface area contributed by atoms with Crippen molar-refractivity contribution in [2.24, 2.45) is 5.41 Å². The number of hydrogen-bond donors (Lipinski definition) is 0. The molecule has 60 heavy (non-hydrogen) atoms. The Morgan fingerprint density at radius 3 is 1.98 bits per heavy atom. The summed E-state index contributed by atoms with van der Waals surface area (Å²) in [6.45, 7) is 30.2. The molecule has 3 heterocycles. The summed E-state index contributed by atoms with van der Waals surface area (Å²) in [5.74, 6) is 2.13. The first-order valence-electron chi connectivity index (χ1n) is 21.1. The second-order valence-corrected chi connectivity index (χ2v) is 21.6. The number of hydrogen-bond acceptors (Lipinski definition) is 2. The molecule has 0 spiro atoms. The van der Waals surface area contributed by atoms with E-state index in [4.69, 9.17) is 9.72 Å². The Labute approximate surface area is 366 Å². The molecule has 0 N–H and O–H groups in total. The molecule has 0 unspecified atom stereocenters. The SMILES string of the molecule is Cc1ccnc(-n2c3[c-]c(Oc4[c-]c(-n5[c](=[Pt])n(-c6ccc(C(C)(C)C)cc6)c6cc(C(C)(C)C)ccc65)ccc4)ccc3c3ccc4c(c32)C(C)(C)C(C)(C)C4(C)C)c1. The molecular formula is C54H56N4OPt-2. The van der Waals surface area contributed by atoms with Gasteiger partial charge in [-0.15, -0.1) is 0 Å². The molecule has 0 atom stereocenters. The van der Waals surface area contributed by atoms with Gasteiger partial charge in [0.1, 0.15) is 0 Å². The molecule has 0 amide bonds. The Balaban J connectivity index is 1.19. The molecule has 5 nitrogen and oxygen atoms in total. The zero-order chi connectivity index (χ0) is 42.9. The van der Waals surface area contributed by atoms with E-state index in [1.54, 1.807) is 0 Å². The molecule has 8 aromatic rings. The van der Waals surface area contributed by atoms with Crippen LogP contribution in [0.2, 0.25) is 0 Å². The minimum atomic E-state index is -0.113. The van der Waals surface area contributed by atoms with E-state index in [-0.39, 0.29) is 27.1 Å². The van der Waals surface area contributed by atoms with Gasteiger partial charge < -0.3 is 0 Å². The van der Waals surface area contributed by atoms with Gasteiger partial charge in [-0.1, -0.05) is 47.6 Å². The van der Waals surface area contributed by atoms with Crippen LogP contribution >= 0.6 is 0 Å². The molecule has 0 bridgehead atoms. The number of pyridine rings is 1. The molecule has 1 aliphatic rings. The number of aromatic nitrogens is 4. The minimum Gasteiger partial charge on any atom is -0.0582 e. The fraction of sp³-hybridized carbons (Fsp3) is 0.333. The van der Waals surface area contributed by atoms with Crippen LogP contribution in [0.1, 0.15) is 111 Å². The van der Waals surface area contributed by atoms with Crippen LogP contribution in [0.3, 0.4) is 0 Å². The zero-order valence-electron chi connectivity index (χ0n) is 37.3. The van der Waals surface area contributed by atoms with E-state index < -0.39 is 0 Å². The van der Waals surface area contributed by atoms with Crippen molar-refractivity contribution in [2.45, 2.75) is 112 Å². The summed E-state index contributed by atoms with van der Waals surface area (Å²) in [7, 11) is 0. The van der Waals surface area contributed by atoms with Crippen molar-refractivity contribution in [1.82, 2.24) is 18.7 Å². The fourth-order valence-electron chi connectivity index (χ4n) is 9.48. The molecule has 6 heteroatoms. The van der Waals surface area contributed by atoms with Gasteiger partial charge in [-0.3, -0.25) is 0 Å². The summed E-state index contributed by atoms with van der Waals surface area (Å²) in [5.41, 5.74) is 12.9. The second-order valence-electron chi connectivity index (χ2n) is 20.5. The maximum absolute atomic E-state index is 6.74. The average molecular weight is 972 g/mol. The summed E-state index contributed by atoms with van der Waals surface area (Å²) in [6.07, 6.45) is 1.91. The van der Waals surface area contributed by atoms with Crippen LogP contribution in [0, 0.1) is 28.3 Å². The fourth-order valence-corrected chi connectivity index (χ4v) is 10.6. The molecule has 0 saturated carbocycles. The number of imidazole rings is 1. The van der Waals surface area contributed by atoms with E-state index in [2.05, 4.69) is 220 Å². The van der Waals surface area contributed by atoms with Gasteiger partial charge in [0.05, 0.1) is 0 Å². The quantitative estimate of drug-likeness (QED) is 0.161. The van der Waals surface area contributed by atoms with Crippen molar-refractivity contribution in [3.05, 3.63) is 147 Å². The number of benzene rings is 5. The Morgan fingerprint density at radius 2 is 1.30 bits per heavy atom. The summed E-state index contributed by atoms with van der Waals surface area (Å²) in [6, 6.07) is 42.5. The molecule has 3 aromatic heterocycles. The third-order valence-corrected chi connectivity index (χ3v) is 15.3. The van der Waals surface area contributed by atoms with E-state index in [1.807, 2.05) is 18.3 Å². The van der Waals surface area contributed by atoms with Gasteiger partial charge in [-0.2, -0.15) is 0 Å². The normalized spacial score (nSPS) is 15.9. The van der Waals surface area contributed by atoms with Crippen LogP contribution in [-0.2, 0) is 41.0 Å². The third-order valence-electron chi connectivity index (χ3n) is 14.2. The number of fused-ring (bicyclic) bond motifs is 6.